The molecule has 0 radical (unpaired) electrons. The first kappa shape index (κ1) is 23.1. The second-order valence-electron chi connectivity index (χ2n) is 7.80. The van der Waals surface area contributed by atoms with Crippen LogP contribution in [0.25, 0.3) is 0 Å². The molecule has 2 aromatic rings. The van der Waals surface area contributed by atoms with Crippen LogP contribution in [0.4, 0.5) is 0 Å². The molecule has 2 aliphatic rings. The lowest BCUT2D eigenvalue weighted by atomic mass is 9.95. The van der Waals surface area contributed by atoms with Gasteiger partial charge in [-0.05, 0) is 17.7 Å². The molecule has 0 spiro atoms. The summed E-state index contributed by atoms with van der Waals surface area (Å²) in [5, 5.41) is 59.7. The number of benzene rings is 2. The number of rotatable bonds is 5. The van der Waals surface area contributed by atoms with E-state index in [1.54, 1.807) is 6.07 Å². The maximum absolute atomic E-state index is 12.7. The van der Waals surface area contributed by atoms with Gasteiger partial charge in [-0.3, -0.25) is 4.79 Å². The molecule has 11 nitrogen and oxygen atoms in total. The van der Waals surface area contributed by atoms with E-state index in [0.717, 1.165) is 6.07 Å². The van der Waals surface area contributed by atoms with Crippen molar-refractivity contribution in [2.75, 3.05) is 13.7 Å². The van der Waals surface area contributed by atoms with E-state index < -0.39 is 54.9 Å². The smallest absolute Gasteiger partial charge is 0.229 e. The van der Waals surface area contributed by atoms with Gasteiger partial charge < -0.3 is 49.6 Å². The van der Waals surface area contributed by atoms with Crippen LogP contribution in [-0.2, 0) is 4.74 Å². The van der Waals surface area contributed by atoms with Crippen molar-refractivity contribution in [3.05, 3.63) is 41.5 Å². The second kappa shape index (κ2) is 9.04. The average molecular weight is 464 g/mol. The van der Waals surface area contributed by atoms with Gasteiger partial charge in [0.15, 0.2) is 17.3 Å². The Kier molecular flexibility index (Phi) is 6.32. The van der Waals surface area contributed by atoms with Gasteiger partial charge in [0.1, 0.15) is 53.3 Å². The fourth-order valence-corrected chi connectivity index (χ4v) is 3.87. The van der Waals surface area contributed by atoms with E-state index >= 15 is 0 Å². The van der Waals surface area contributed by atoms with Gasteiger partial charge in [-0.15, -0.1) is 0 Å². The summed E-state index contributed by atoms with van der Waals surface area (Å²) in [6.07, 6.45) is -8.35. The number of ketones is 1. The molecule has 0 unspecified atom stereocenters. The first-order valence-corrected chi connectivity index (χ1v) is 10.1. The highest BCUT2D eigenvalue weighted by molar-refractivity contribution is 6.02. The summed E-state index contributed by atoms with van der Waals surface area (Å²) in [5.41, 5.74) is 0.456. The van der Waals surface area contributed by atoms with Crippen molar-refractivity contribution < 1.29 is 54.4 Å². The van der Waals surface area contributed by atoms with E-state index in [4.69, 9.17) is 18.9 Å². The normalized spacial score (nSPS) is 29.2. The Morgan fingerprint density at radius 2 is 1.79 bits per heavy atom. The van der Waals surface area contributed by atoms with Crippen LogP contribution in [0.1, 0.15) is 28.4 Å². The van der Waals surface area contributed by atoms with Crippen molar-refractivity contribution in [1.29, 1.82) is 0 Å². The van der Waals surface area contributed by atoms with Crippen molar-refractivity contribution in [3.8, 4) is 28.7 Å². The molecule has 6 N–H and O–H groups in total. The first-order valence-electron chi connectivity index (χ1n) is 10.1. The summed E-state index contributed by atoms with van der Waals surface area (Å²) in [7, 11) is 1.41. The van der Waals surface area contributed by atoms with E-state index in [1.165, 1.54) is 25.3 Å². The maximum atomic E-state index is 12.7. The molecule has 2 aromatic carbocycles. The number of hydrogen-bond acceptors (Lipinski definition) is 11. The van der Waals surface area contributed by atoms with E-state index in [2.05, 4.69) is 0 Å². The summed E-state index contributed by atoms with van der Waals surface area (Å²) in [6, 6.07) is 7.01. The van der Waals surface area contributed by atoms with E-state index in [0.29, 0.717) is 5.56 Å². The van der Waals surface area contributed by atoms with Crippen molar-refractivity contribution in [1.82, 2.24) is 0 Å². The van der Waals surface area contributed by atoms with Gasteiger partial charge in [0.25, 0.3) is 0 Å². The Morgan fingerprint density at radius 3 is 2.45 bits per heavy atom. The lowest BCUT2D eigenvalue weighted by molar-refractivity contribution is -0.277. The molecule has 11 heteroatoms. The molecule has 0 amide bonds. The van der Waals surface area contributed by atoms with Crippen LogP contribution in [-0.4, -0.2) is 80.8 Å². The topological polar surface area (TPSA) is 175 Å². The Balaban J connectivity index is 1.60. The molecule has 2 aliphatic heterocycles. The number of phenolic OH excluding ortho intramolecular Hbond substituents is 2. The fourth-order valence-electron chi connectivity index (χ4n) is 3.87. The van der Waals surface area contributed by atoms with Crippen LogP contribution in [0, 0.1) is 0 Å². The number of ether oxygens (including phenoxy) is 4. The molecule has 4 rings (SSSR count). The van der Waals surface area contributed by atoms with Crippen LogP contribution in [0.15, 0.2) is 30.3 Å². The molecule has 33 heavy (non-hydrogen) atoms. The standard InChI is InChI=1S/C22H24O11/c1-30-14-3-2-9(4-11(14)24)15-7-13(26)18-12(25)5-10(6-16(18)32-15)31-22-21(29)20(28)19(27)17(8-23)33-22/h2-6,15,17,19-25,27-29H,7-8H2,1H3/t15-,17+,19+,20-,21+,22-/m0/s1. The van der Waals surface area contributed by atoms with Crippen LogP contribution >= 0.6 is 0 Å². The van der Waals surface area contributed by atoms with E-state index in [1.807, 2.05) is 0 Å². The zero-order chi connectivity index (χ0) is 23.9. The summed E-state index contributed by atoms with van der Waals surface area (Å²) in [5.74, 6) is -0.733. The summed E-state index contributed by atoms with van der Waals surface area (Å²) in [4.78, 5) is 12.7. The molecule has 0 bridgehead atoms. The monoisotopic (exact) mass is 464 g/mol. The number of aliphatic hydroxyl groups excluding tert-OH is 4. The molecule has 2 heterocycles. The van der Waals surface area contributed by atoms with Gasteiger partial charge in [-0.1, -0.05) is 6.07 Å². The highest BCUT2D eigenvalue weighted by atomic mass is 16.7. The van der Waals surface area contributed by atoms with Gasteiger partial charge in [0.05, 0.1) is 20.1 Å². The van der Waals surface area contributed by atoms with Gasteiger partial charge >= 0.3 is 0 Å². The molecule has 178 valence electrons. The minimum atomic E-state index is -1.65. The molecule has 6 atom stereocenters. The number of carbonyl (C=O) groups is 1. The largest absolute Gasteiger partial charge is 0.507 e. The highest BCUT2D eigenvalue weighted by Crippen LogP contribution is 2.43. The highest BCUT2D eigenvalue weighted by Gasteiger charge is 2.45. The fraction of sp³-hybridized carbons (Fsp3) is 0.409. The van der Waals surface area contributed by atoms with Crippen molar-refractivity contribution >= 4 is 5.78 Å². The van der Waals surface area contributed by atoms with E-state index in [9.17, 15) is 35.4 Å². The average Bonchev–Trinajstić information content (AvgIpc) is 2.78. The SMILES string of the molecule is COc1ccc([C@@H]2CC(=O)c3c(O)cc(O[C@H]4O[C@H](CO)[C@@H](O)[C@H](O)[C@H]4O)cc3O2)cc1O. The molecular weight excluding hydrogens is 440 g/mol. The minimum absolute atomic E-state index is 0.00569. The third-order valence-electron chi connectivity index (χ3n) is 5.65. The lowest BCUT2D eigenvalue weighted by Crippen LogP contribution is -2.60. The zero-order valence-electron chi connectivity index (χ0n) is 17.5. The maximum Gasteiger partial charge on any atom is 0.229 e. The molecule has 0 aliphatic carbocycles. The predicted molar refractivity (Wildman–Crippen MR) is 109 cm³/mol. The quantitative estimate of drug-likeness (QED) is 0.351. The number of aromatic hydroxyl groups is 2. The summed E-state index contributed by atoms with van der Waals surface area (Å²) >= 11 is 0. The number of aliphatic hydroxyl groups is 4. The first-order chi connectivity index (χ1) is 15.7. The van der Waals surface area contributed by atoms with Gasteiger partial charge in [0, 0.05) is 12.1 Å². The third kappa shape index (κ3) is 4.28. The molecule has 1 fully saturated rings. The number of methoxy groups -OCH3 is 1. The number of hydrogen-bond donors (Lipinski definition) is 6. The van der Waals surface area contributed by atoms with Gasteiger partial charge in [-0.2, -0.15) is 0 Å². The molecule has 0 saturated carbocycles. The molecule has 1 saturated heterocycles. The molecular formula is C22H24O11. The second-order valence-corrected chi connectivity index (χ2v) is 7.80. The van der Waals surface area contributed by atoms with Crippen LogP contribution < -0.4 is 14.2 Å². The minimum Gasteiger partial charge on any atom is -0.507 e. The van der Waals surface area contributed by atoms with Crippen molar-refractivity contribution in [2.24, 2.45) is 0 Å². The Labute approximate surface area is 188 Å². The van der Waals surface area contributed by atoms with Crippen LogP contribution in [0.5, 0.6) is 28.7 Å². The summed E-state index contributed by atoms with van der Waals surface area (Å²) in [6.45, 7) is -0.631. The predicted octanol–water partition coefficient (Wildman–Crippen LogP) is -0.00840. The third-order valence-corrected chi connectivity index (χ3v) is 5.65. The Morgan fingerprint density at radius 1 is 1.03 bits per heavy atom. The van der Waals surface area contributed by atoms with E-state index in [-0.39, 0.29) is 35.0 Å². The number of fused-ring (bicyclic) bond motifs is 1. The van der Waals surface area contributed by atoms with Crippen molar-refractivity contribution in [2.45, 2.75) is 43.2 Å². The Bertz CT molecular complexity index is 1040. The van der Waals surface area contributed by atoms with Gasteiger partial charge in [0.2, 0.25) is 6.29 Å². The summed E-state index contributed by atoms with van der Waals surface area (Å²) < 4.78 is 21.7. The van der Waals surface area contributed by atoms with Crippen molar-refractivity contribution in [3.63, 3.8) is 0 Å². The molecule has 0 aromatic heterocycles. The lowest BCUT2D eigenvalue weighted by Gasteiger charge is -2.39. The zero-order valence-corrected chi connectivity index (χ0v) is 17.5. The van der Waals surface area contributed by atoms with Gasteiger partial charge in [-0.25, -0.2) is 0 Å². The number of Topliss-reactive ketones (excluding diaryl/α,β-unsaturated/α-hetero) is 1. The number of carbonyl (C=O) groups excluding carboxylic acids is 1. The van der Waals surface area contributed by atoms with Crippen LogP contribution in [0.3, 0.4) is 0 Å². The van der Waals surface area contributed by atoms with Crippen LogP contribution in [0.2, 0.25) is 0 Å². The number of phenols is 2. The Hall–Kier alpha value is -3.09.